The molecule has 0 atom stereocenters. The van der Waals surface area contributed by atoms with Crippen molar-refractivity contribution in [2.75, 3.05) is 0 Å². The average Bonchev–Trinajstić information content (AvgIpc) is 2.82. The van der Waals surface area contributed by atoms with Crippen LogP contribution >= 0.6 is 15.9 Å². The van der Waals surface area contributed by atoms with E-state index in [4.69, 9.17) is 5.73 Å². The topological polar surface area (TPSA) is 73.3 Å². The lowest BCUT2D eigenvalue weighted by molar-refractivity contribution is 0.0996. The molecule has 0 spiro atoms. The standard InChI is InChI=1S/C13H15BrN4O/c14-10-7-18-6-9(8-4-2-1-3-5-8)16-13(18)11(17-10)12(15)19/h6-8H,1-5H2,(H2,15,19). The predicted octanol–water partition coefficient (Wildman–Crippen LogP) is 2.64. The van der Waals surface area contributed by atoms with Gasteiger partial charge in [0.15, 0.2) is 11.3 Å². The minimum atomic E-state index is -0.549. The number of carbonyl (C=O) groups is 1. The molecule has 0 radical (unpaired) electrons. The maximum Gasteiger partial charge on any atom is 0.271 e. The van der Waals surface area contributed by atoms with Crippen LogP contribution in [0, 0.1) is 0 Å². The molecule has 2 heterocycles. The zero-order valence-electron chi connectivity index (χ0n) is 10.5. The number of fused-ring (bicyclic) bond motifs is 1. The summed E-state index contributed by atoms with van der Waals surface area (Å²) in [5.41, 5.74) is 7.18. The zero-order valence-corrected chi connectivity index (χ0v) is 12.1. The van der Waals surface area contributed by atoms with Gasteiger partial charge < -0.3 is 10.1 Å². The predicted molar refractivity (Wildman–Crippen MR) is 75.0 cm³/mol. The second-order valence-electron chi connectivity index (χ2n) is 5.01. The molecule has 3 rings (SSSR count). The number of hydrogen-bond donors (Lipinski definition) is 1. The molecule has 1 fully saturated rings. The Balaban J connectivity index is 2.09. The normalized spacial score (nSPS) is 16.9. The molecular formula is C13H15BrN4O. The highest BCUT2D eigenvalue weighted by Gasteiger charge is 2.20. The summed E-state index contributed by atoms with van der Waals surface area (Å²) in [6, 6.07) is 0. The van der Waals surface area contributed by atoms with Gasteiger partial charge in [-0.25, -0.2) is 9.97 Å². The van der Waals surface area contributed by atoms with Crippen molar-refractivity contribution in [3.63, 3.8) is 0 Å². The minimum absolute atomic E-state index is 0.219. The quantitative estimate of drug-likeness (QED) is 0.923. The largest absolute Gasteiger partial charge is 0.364 e. The van der Waals surface area contributed by atoms with Gasteiger partial charge in [0.05, 0.1) is 5.69 Å². The number of hydrogen-bond acceptors (Lipinski definition) is 3. The van der Waals surface area contributed by atoms with Crippen molar-refractivity contribution in [3.05, 3.63) is 28.4 Å². The molecule has 2 N–H and O–H groups in total. The van der Waals surface area contributed by atoms with E-state index in [9.17, 15) is 4.79 Å². The van der Waals surface area contributed by atoms with Crippen LogP contribution < -0.4 is 5.73 Å². The summed E-state index contributed by atoms with van der Waals surface area (Å²) in [6.07, 6.45) is 9.95. The smallest absolute Gasteiger partial charge is 0.271 e. The van der Waals surface area contributed by atoms with E-state index in [0.717, 1.165) is 5.69 Å². The van der Waals surface area contributed by atoms with Crippen molar-refractivity contribution < 1.29 is 4.79 Å². The van der Waals surface area contributed by atoms with E-state index < -0.39 is 5.91 Å². The zero-order chi connectivity index (χ0) is 13.4. The SMILES string of the molecule is NC(=O)c1nc(Br)cn2cc(C3CCCCC3)nc12. The van der Waals surface area contributed by atoms with Crippen LogP contribution in [0.4, 0.5) is 0 Å². The van der Waals surface area contributed by atoms with Crippen molar-refractivity contribution in [2.24, 2.45) is 5.73 Å². The Kier molecular flexibility index (Phi) is 3.26. The molecule has 19 heavy (non-hydrogen) atoms. The molecule has 1 aliphatic rings. The van der Waals surface area contributed by atoms with E-state index >= 15 is 0 Å². The van der Waals surface area contributed by atoms with Crippen LogP contribution in [-0.4, -0.2) is 20.3 Å². The summed E-state index contributed by atoms with van der Waals surface area (Å²) < 4.78 is 2.42. The third kappa shape index (κ3) is 2.36. The Labute approximate surface area is 119 Å². The lowest BCUT2D eigenvalue weighted by Crippen LogP contribution is -2.15. The van der Waals surface area contributed by atoms with Crippen LogP contribution in [0.15, 0.2) is 17.0 Å². The van der Waals surface area contributed by atoms with Crippen molar-refractivity contribution in [2.45, 2.75) is 38.0 Å². The first kappa shape index (κ1) is 12.6. The fourth-order valence-electron chi connectivity index (χ4n) is 2.75. The number of imidazole rings is 1. The number of rotatable bonds is 2. The van der Waals surface area contributed by atoms with Gasteiger partial charge >= 0.3 is 0 Å². The summed E-state index contributed by atoms with van der Waals surface area (Å²) in [7, 11) is 0. The number of nitrogens with two attached hydrogens (primary N) is 1. The Morgan fingerprint density at radius 2 is 2.00 bits per heavy atom. The molecule has 1 aliphatic carbocycles. The molecule has 6 heteroatoms. The molecule has 1 saturated carbocycles. The van der Waals surface area contributed by atoms with Crippen LogP contribution in [0.3, 0.4) is 0 Å². The van der Waals surface area contributed by atoms with E-state index in [0.29, 0.717) is 16.2 Å². The van der Waals surface area contributed by atoms with Gasteiger partial charge in [-0.2, -0.15) is 0 Å². The first-order valence-corrected chi connectivity index (χ1v) is 7.29. The second-order valence-corrected chi connectivity index (χ2v) is 5.82. The lowest BCUT2D eigenvalue weighted by Gasteiger charge is -2.19. The third-order valence-corrected chi connectivity index (χ3v) is 4.07. The minimum Gasteiger partial charge on any atom is -0.364 e. The third-order valence-electron chi connectivity index (χ3n) is 3.68. The summed E-state index contributed by atoms with van der Waals surface area (Å²) in [6.45, 7) is 0. The molecule has 1 amide bonds. The van der Waals surface area contributed by atoms with Crippen LogP contribution in [0.5, 0.6) is 0 Å². The maximum absolute atomic E-state index is 11.4. The van der Waals surface area contributed by atoms with Crippen LogP contribution in [0.1, 0.15) is 54.2 Å². The fraction of sp³-hybridized carbons (Fsp3) is 0.462. The number of aromatic nitrogens is 3. The van der Waals surface area contributed by atoms with Crippen LogP contribution in [-0.2, 0) is 0 Å². The van der Waals surface area contributed by atoms with Crippen LogP contribution in [0.25, 0.3) is 5.65 Å². The van der Waals surface area contributed by atoms with Gasteiger partial charge in [0.25, 0.3) is 5.91 Å². The number of nitrogens with zero attached hydrogens (tertiary/aromatic N) is 3. The molecule has 0 unspecified atom stereocenters. The highest BCUT2D eigenvalue weighted by molar-refractivity contribution is 9.10. The van der Waals surface area contributed by atoms with E-state index in [2.05, 4.69) is 25.9 Å². The number of primary amides is 1. The van der Waals surface area contributed by atoms with Crippen molar-refractivity contribution in [1.29, 1.82) is 0 Å². The van der Waals surface area contributed by atoms with Gasteiger partial charge in [-0.3, -0.25) is 4.79 Å². The highest BCUT2D eigenvalue weighted by Crippen LogP contribution is 2.32. The van der Waals surface area contributed by atoms with Gasteiger partial charge in [-0.05, 0) is 28.8 Å². The maximum atomic E-state index is 11.4. The van der Waals surface area contributed by atoms with Crippen molar-refractivity contribution in [1.82, 2.24) is 14.4 Å². The molecule has 5 nitrogen and oxygen atoms in total. The molecule has 0 aliphatic heterocycles. The molecule has 0 aromatic carbocycles. The van der Waals surface area contributed by atoms with E-state index in [1.165, 1.54) is 32.1 Å². The van der Waals surface area contributed by atoms with E-state index in [1.54, 1.807) is 6.20 Å². The van der Waals surface area contributed by atoms with Gasteiger partial charge in [0, 0.05) is 18.3 Å². The molecule has 0 saturated heterocycles. The molecule has 100 valence electrons. The Morgan fingerprint density at radius 1 is 1.26 bits per heavy atom. The van der Waals surface area contributed by atoms with Gasteiger partial charge in [0.2, 0.25) is 0 Å². The summed E-state index contributed by atoms with van der Waals surface area (Å²) in [5.74, 6) is -0.0553. The van der Waals surface area contributed by atoms with Gasteiger partial charge in [0.1, 0.15) is 4.60 Å². The van der Waals surface area contributed by atoms with Gasteiger partial charge in [-0.1, -0.05) is 19.3 Å². The summed E-state index contributed by atoms with van der Waals surface area (Å²) in [5, 5.41) is 0. The number of carbonyl (C=O) groups excluding carboxylic acids is 1. The fourth-order valence-corrected chi connectivity index (χ4v) is 3.14. The van der Waals surface area contributed by atoms with E-state index in [1.807, 2.05) is 10.6 Å². The van der Waals surface area contributed by atoms with E-state index in [-0.39, 0.29) is 5.69 Å². The highest BCUT2D eigenvalue weighted by atomic mass is 79.9. The van der Waals surface area contributed by atoms with Crippen LogP contribution in [0.2, 0.25) is 0 Å². The summed E-state index contributed by atoms with van der Waals surface area (Å²) in [4.78, 5) is 20.1. The van der Waals surface area contributed by atoms with Crippen molar-refractivity contribution in [3.8, 4) is 0 Å². The Morgan fingerprint density at radius 3 is 2.68 bits per heavy atom. The second kappa shape index (κ2) is 4.92. The molecule has 2 aromatic rings. The number of halogens is 1. The first-order chi connectivity index (χ1) is 9.15. The summed E-state index contributed by atoms with van der Waals surface area (Å²) >= 11 is 3.29. The molecule has 0 bridgehead atoms. The first-order valence-electron chi connectivity index (χ1n) is 6.50. The number of amides is 1. The van der Waals surface area contributed by atoms with Crippen molar-refractivity contribution >= 4 is 27.5 Å². The molecule has 2 aromatic heterocycles. The Hall–Kier alpha value is -1.43. The van der Waals surface area contributed by atoms with Gasteiger partial charge in [-0.15, -0.1) is 0 Å². The molecular weight excluding hydrogens is 308 g/mol. The Bertz CT molecular complexity index is 631. The lowest BCUT2D eigenvalue weighted by atomic mass is 9.87. The average molecular weight is 323 g/mol. The monoisotopic (exact) mass is 322 g/mol.